The number of ether oxygens (including phenoxy) is 5. The van der Waals surface area contributed by atoms with E-state index in [0.29, 0.717) is 66.2 Å². The van der Waals surface area contributed by atoms with Crippen LogP contribution < -0.4 is 29.0 Å². The summed E-state index contributed by atoms with van der Waals surface area (Å²) < 4.78 is 26.5. The molecule has 1 saturated heterocycles. The average Bonchev–Trinajstić information content (AvgIpc) is 2.87. The van der Waals surface area contributed by atoms with Crippen LogP contribution in [0.1, 0.15) is 10.4 Å². The van der Waals surface area contributed by atoms with Crippen molar-refractivity contribution in [2.24, 2.45) is 0 Å². The van der Waals surface area contributed by atoms with E-state index in [4.69, 9.17) is 23.7 Å². The number of rotatable bonds is 9. The number of carbonyl (C=O) groups is 2. The van der Waals surface area contributed by atoms with Gasteiger partial charge >= 0.3 is 0 Å². The Labute approximate surface area is 211 Å². The van der Waals surface area contributed by atoms with Crippen molar-refractivity contribution in [2.75, 3.05) is 73.6 Å². The molecule has 11 heteroatoms. The van der Waals surface area contributed by atoms with Gasteiger partial charge in [0.1, 0.15) is 0 Å². The molecule has 0 radical (unpaired) electrons. The number of piperazine rings is 1. The van der Waals surface area contributed by atoms with E-state index in [9.17, 15) is 9.59 Å². The number of hydrogen-bond donors (Lipinski definition) is 1. The fraction of sp³-hybridized carbons (Fsp3) is 0.417. The zero-order chi connectivity index (χ0) is 24.7. The summed E-state index contributed by atoms with van der Waals surface area (Å²) in [6, 6.07) is 8.48. The van der Waals surface area contributed by atoms with Crippen molar-refractivity contribution < 1.29 is 33.3 Å². The molecule has 1 fully saturated rings. The maximum Gasteiger partial charge on any atom is 0.254 e. The van der Waals surface area contributed by atoms with Gasteiger partial charge < -0.3 is 33.9 Å². The molecule has 3 rings (SSSR count). The third kappa shape index (κ3) is 6.61. The van der Waals surface area contributed by atoms with E-state index in [1.807, 2.05) is 4.90 Å². The second-order valence-electron chi connectivity index (χ2n) is 7.60. The van der Waals surface area contributed by atoms with Crippen LogP contribution in [0.15, 0.2) is 30.3 Å². The Morgan fingerprint density at radius 1 is 0.771 bits per heavy atom. The number of hydrogen-bond acceptors (Lipinski definition) is 8. The first-order valence-electron chi connectivity index (χ1n) is 10.8. The fourth-order valence-electron chi connectivity index (χ4n) is 3.82. The van der Waals surface area contributed by atoms with Crippen molar-refractivity contribution in [1.82, 2.24) is 9.80 Å². The van der Waals surface area contributed by atoms with Gasteiger partial charge in [-0.2, -0.15) is 0 Å². The van der Waals surface area contributed by atoms with Crippen molar-refractivity contribution in [2.45, 2.75) is 0 Å². The number of anilines is 1. The van der Waals surface area contributed by atoms with E-state index in [2.05, 4.69) is 5.32 Å². The summed E-state index contributed by atoms with van der Waals surface area (Å²) in [5, 5.41) is 2.87. The molecule has 0 aliphatic carbocycles. The van der Waals surface area contributed by atoms with Gasteiger partial charge in [0.15, 0.2) is 23.0 Å². The molecule has 0 spiro atoms. The highest BCUT2D eigenvalue weighted by atomic mass is 35.5. The maximum absolute atomic E-state index is 12.9. The SMILES string of the molecule is COc1ccc(C(=O)N2CCN(CC(=O)Nc3cc(OC)c(OC)c(OC)c3)CC2)cc1OC.Cl. The lowest BCUT2D eigenvalue weighted by Gasteiger charge is -2.34. The third-order valence-corrected chi connectivity index (χ3v) is 5.61. The summed E-state index contributed by atoms with van der Waals surface area (Å²) in [5.74, 6) is 2.20. The zero-order valence-corrected chi connectivity index (χ0v) is 21.4. The summed E-state index contributed by atoms with van der Waals surface area (Å²) in [4.78, 5) is 29.3. The van der Waals surface area contributed by atoms with Crippen molar-refractivity contribution in [3.05, 3.63) is 35.9 Å². The number of methoxy groups -OCH3 is 5. The van der Waals surface area contributed by atoms with Gasteiger partial charge in [0, 0.05) is 49.6 Å². The van der Waals surface area contributed by atoms with Crippen LogP contribution in [-0.2, 0) is 4.79 Å². The van der Waals surface area contributed by atoms with Gasteiger partial charge in [-0.15, -0.1) is 12.4 Å². The Morgan fingerprint density at radius 3 is 1.86 bits per heavy atom. The van der Waals surface area contributed by atoms with Crippen molar-refractivity contribution in [3.8, 4) is 28.7 Å². The van der Waals surface area contributed by atoms with Gasteiger partial charge in [-0.25, -0.2) is 0 Å². The standard InChI is InChI=1S/C24H31N3O7.ClH/c1-30-18-7-6-16(12-19(18)31-2)24(29)27-10-8-26(9-11-27)15-22(28)25-17-13-20(32-3)23(34-5)21(14-17)33-4;/h6-7,12-14H,8-11,15H2,1-5H3,(H,25,28);1H. The quantitative estimate of drug-likeness (QED) is 0.550. The van der Waals surface area contributed by atoms with Crippen LogP contribution in [0.3, 0.4) is 0 Å². The Kier molecular flexibility index (Phi) is 10.3. The summed E-state index contributed by atoms with van der Waals surface area (Å²) in [5.41, 5.74) is 1.08. The molecule has 0 aromatic heterocycles. The highest BCUT2D eigenvalue weighted by Crippen LogP contribution is 2.39. The molecule has 35 heavy (non-hydrogen) atoms. The summed E-state index contributed by atoms with van der Waals surface area (Å²) >= 11 is 0. The van der Waals surface area contributed by atoms with Crippen molar-refractivity contribution >= 4 is 29.9 Å². The lowest BCUT2D eigenvalue weighted by Crippen LogP contribution is -2.50. The smallest absolute Gasteiger partial charge is 0.254 e. The van der Waals surface area contributed by atoms with Crippen LogP contribution in [0.25, 0.3) is 0 Å². The largest absolute Gasteiger partial charge is 0.493 e. The molecule has 10 nitrogen and oxygen atoms in total. The second kappa shape index (κ2) is 12.9. The Balaban J connectivity index is 0.00000432. The Bertz CT molecular complexity index is 1000. The lowest BCUT2D eigenvalue weighted by atomic mass is 10.1. The van der Waals surface area contributed by atoms with Crippen LogP contribution in [-0.4, -0.2) is 89.9 Å². The van der Waals surface area contributed by atoms with Crippen molar-refractivity contribution in [1.29, 1.82) is 0 Å². The van der Waals surface area contributed by atoms with Crippen LogP contribution in [0, 0.1) is 0 Å². The Hall–Kier alpha value is -3.37. The molecule has 0 atom stereocenters. The molecule has 192 valence electrons. The van der Waals surface area contributed by atoms with E-state index in [0.717, 1.165) is 0 Å². The van der Waals surface area contributed by atoms with E-state index in [1.54, 1.807) is 42.3 Å². The Morgan fingerprint density at radius 2 is 1.34 bits per heavy atom. The minimum atomic E-state index is -0.172. The summed E-state index contributed by atoms with van der Waals surface area (Å²) in [7, 11) is 7.65. The van der Waals surface area contributed by atoms with Crippen LogP contribution in [0.4, 0.5) is 5.69 Å². The van der Waals surface area contributed by atoms with Gasteiger partial charge in [0.2, 0.25) is 11.7 Å². The first-order chi connectivity index (χ1) is 16.4. The molecule has 1 N–H and O–H groups in total. The normalized spacial score (nSPS) is 13.3. The topological polar surface area (TPSA) is 98.8 Å². The van der Waals surface area contributed by atoms with E-state index >= 15 is 0 Å². The van der Waals surface area contributed by atoms with Crippen LogP contribution in [0.5, 0.6) is 28.7 Å². The summed E-state index contributed by atoms with van der Waals surface area (Å²) in [6.07, 6.45) is 0. The first kappa shape index (κ1) is 27.9. The van der Waals surface area contributed by atoms with Crippen LogP contribution >= 0.6 is 12.4 Å². The molecule has 1 heterocycles. The number of amides is 2. The molecular weight excluding hydrogens is 478 g/mol. The first-order valence-corrected chi connectivity index (χ1v) is 10.8. The highest BCUT2D eigenvalue weighted by molar-refractivity contribution is 5.95. The average molecular weight is 510 g/mol. The number of benzene rings is 2. The lowest BCUT2D eigenvalue weighted by molar-refractivity contribution is -0.117. The zero-order valence-electron chi connectivity index (χ0n) is 20.6. The predicted octanol–water partition coefficient (Wildman–Crippen LogP) is 2.55. The monoisotopic (exact) mass is 509 g/mol. The van der Waals surface area contributed by atoms with E-state index in [1.165, 1.54) is 28.4 Å². The van der Waals surface area contributed by atoms with Gasteiger partial charge in [0.25, 0.3) is 5.91 Å². The molecule has 2 amide bonds. The van der Waals surface area contributed by atoms with Gasteiger partial charge in [-0.3, -0.25) is 14.5 Å². The molecule has 2 aromatic rings. The number of halogens is 1. The van der Waals surface area contributed by atoms with E-state index < -0.39 is 0 Å². The maximum atomic E-state index is 12.9. The molecule has 0 saturated carbocycles. The highest BCUT2D eigenvalue weighted by Gasteiger charge is 2.24. The third-order valence-electron chi connectivity index (χ3n) is 5.61. The molecule has 2 aromatic carbocycles. The van der Waals surface area contributed by atoms with Gasteiger partial charge in [-0.05, 0) is 18.2 Å². The summed E-state index contributed by atoms with van der Waals surface area (Å²) in [6.45, 7) is 2.41. The molecule has 1 aliphatic rings. The van der Waals surface area contributed by atoms with Crippen molar-refractivity contribution in [3.63, 3.8) is 0 Å². The fourth-order valence-corrected chi connectivity index (χ4v) is 3.82. The number of carbonyl (C=O) groups excluding carboxylic acids is 2. The van der Waals surface area contributed by atoms with Gasteiger partial charge in [0.05, 0.1) is 42.1 Å². The number of nitrogens with one attached hydrogen (secondary N) is 1. The van der Waals surface area contributed by atoms with E-state index in [-0.39, 0.29) is 30.8 Å². The molecule has 0 unspecified atom stereocenters. The van der Waals surface area contributed by atoms with Gasteiger partial charge in [-0.1, -0.05) is 0 Å². The number of nitrogens with zero attached hydrogens (tertiary/aromatic N) is 2. The second-order valence-corrected chi connectivity index (χ2v) is 7.60. The predicted molar refractivity (Wildman–Crippen MR) is 134 cm³/mol. The minimum Gasteiger partial charge on any atom is -0.493 e. The minimum absolute atomic E-state index is 0. The molecule has 1 aliphatic heterocycles. The molecular formula is C24H32ClN3O7. The molecule has 0 bridgehead atoms. The van der Waals surface area contributed by atoms with Crippen LogP contribution in [0.2, 0.25) is 0 Å².